The molecule has 1 aromatic carbocycles. The molecule has 0 fully saturated rings. The Kier molecular flexibility index (Phi) is 2.05. The molecule has 0 N–H and O–H groups in total. The van der Waals surface area contributed by atoms with Gasteiger partial charge in [0.15, 0.2) is 0 Å². The highest BCUT2D eigenvalue weighted by atomic mass is 14.1. The molecule has 66 valence electrons. The molecule has 0 radical (unpaired) electrons. The van der Waals surface area contributed by atoms with E-state index in [4.69, 9.17) is 0 Å². The van der Waals surface area contributed by atoms with Gasteiger partial charge in [-0.25, -0.2) is 0 Å². The molecular formula is C13H14. The molecule has 0 bridgehead atoms. The van der Waals surface area contributed by atoms with Crippen LogP contribution in [0.2, 0.25) is 0 Å². The average Bonchev–Trinajstić information content (AvgIpc) is 2.53. The highest BCUT2D eigenvalue weighted by molar-refractivity contribution is 5.39. The lowest BCUT2D eigenvalue weighted by Gasteiger charge is -2.08. The molecule has 0 unspecified atom stereocenters. The summed E-state index contributed by atoms with van der Waals surface area (Å²) in [6.07, 6.45) is 8.69. The van der Waals surface area contributed by atoms with Crippen LogP contribution in [0.3, 0.4) is 0 Å². The number of hydrogen-bond acceptors (Lipinski definition) is 0. The van der Waals surface area contributed by atoms with Gasteiger partial charge in [0.1, 0.15) is 0 Å². The van der Waals surface area contributed by atoms with Crippen LogP contribution in [0.15, 0.2) is 42.5 Å². The van der Waals surface area contributed by atoms with E-state index in [2.05, 4.69) is 56.4 Å². The predicted octanol–water partition coefficient (Wildman–Crippen LogP) is 3.51. The lowest BCUT2D eigenvalue weighted by Crippen LogP contribution is -1.90. The van der Waals surface area contributed by atoms with E-state index >= 15 is 0 Å². The molecule has 0 aromatic heterocycles. The van der Waals surface area contributed by atoms with Crippen LogP contribution < -0.4 is 0 Å². The van der Waals surface area contributed by atoms with Crippen LogP contribution in [0, 0.1) is 13.8 Å². The monoisotopic (exact) mass is 170 g/mol. The first-order valence-corrected chi connectivity index (χ1v) is 4.69. The Morgan fingerprint density at radius 3 is 1.92 bits per heavy atom. The molecular weight excluding hydrogens is 156 g/mol. The second-order valence-corrected chi connectivity index (χ2v) is 3.72. The molecule has 0 nitrogen and oxygen atoms in total. The first kappa shape index (κ1) is 8.31. The van der Waals surface area contributed by atoms with E-state index in [1.165, 1.54) is 16.7 Å². The summed E-state index contributed by atoms with van der Waals surface area (Å²) in [5.41, 5.74) is 4.11. The first-order valence-electron chi connectivity index (χ1n) is 4.69. The maximum Gasteiger partial charge on any atom is 0.0205 e. The van der Waals surface area contributed by atoms with Gasteiger partial charge in [0.25, 0.3) is 0 Å². The average molecular weight is 170 g/mol. The molecule has 1 aliphatic carbocycles. The van der Waals surface area contributed by atoms with Crippen molar-refractivity contribution in [2.24, 2.45) is 0 Å². The van der Waals surface area contributed by atoms with Crippen LogP contribution in [-0.2, 0) is 0 Å². The van der Waals surface area contributed by atoms with E-state index in [9.17, 15) is 0 Å². The summed E-state index contributed by atoms with van der Waals surface area (Å²) in [5.74, 6) is 0.499. The van der Waals surface area contributed by atoms with E-state index in [0.717, 1.165) is 0 Å². The van der Waals surface area contributed by atoms with Crippen molar-refractivity contribution in [1.29, 1.82) is 0 Å². The lowest BCUT2D eigenvalue weighted by atomic mass is 9.97. The summed E-state index contributed by atoms with van der Waals surface area (Å²) in [4.78, 5) is 0. The third kappa shape index (κ3) is 1.72. The maximum atomic E-state index is 2.26. The quantitative estimate of drug-likeness (QED) is 0.605. The van der Waals surface area contributed by atoms with Crippen molar-refractivity contribution >= 4 is 0 Å². The van der Waals surface area contributed by atoms with Crippen LogP contribution in [0.5, 0.6) is 0 Å². The molecule has 0 heterocycles. The Hall–Kier alpha value is -1.30. The van der Waals surface area contributed by atoms with E-state index in [0.29, 0.717) is 5.92 Å². The zero-order valence-corrected chi connectivity index (χ0v) is 8.12. The summed E-state index contributed by atoms with van der Waals surface area (Å²) in [6, 6.07) is 6.74. The summed E-state index contributed by atoms with van der Waals surface area (Å²) in [5, 5.41) is 0. The summed E-state index contributed by atoms with van der Waals surface area (Å²) in [7, 11) is 0. The summed E-state index contributed by atoms with van der Waals surface area (Å²) >= 11 is 0. The maximum absolute atomic E-state index is 2.26. The van der Waals surface area contributed by atoms with Crippen LogP contribution >= 0.6 is 0 Å². The van der Waals surface area contributed by atoms with Gasteiger partial charge in [-0.15, -0.1) is 0 Å². The van der Waals surface area contributed by atoms with E-state index in [-0.39, 0.29) is 0 Å². The predicted molar refractivity (Wildman–Crippen MR) is 56.9 cm³/mol. The first-order chi connectivity index (χ1) is 6.25. The van der Waals surface area contributed by atoms with Crippen molar-refractivity contribution in [1.82, 2.24) is 0 Å². The SMILES string of the molecule is Cc1cc(C)cc(C2C=CC=C2)c1. The molecule has 13 heavy (non-hydrogen) atoms. The lowest BCUT2D eigenvalue weighted by molar-refractivity contribution is 1.09. The number of aryl methyl sites for hydroxylation is 2. The Balaban J connectivity index is 2.40. The Morgan fingerprint density at radius 1 is 0.846 bits per heavy atom. The fraction of sp³-hybridized carbons (Fsp3) is 0.231. The molecule has 2 rings (SSSR count). The van der Waals surface area contributed by atoms with Gasteiger partial charge in [-0.3, -0.25) is 0 Å². The van der Waals surface area contributed by atoms with Crippen LogP contribution in [0.25, 0.3) is 0 Å². The minimum atomic E-state index is 0.499. The third-order valence-electron chi connectivity index (χ3n) is 2.38. The van der Waals surface area contributed by atoms with Crippen molar-refractivity contribution in [3.8, 4) is 0 Å². The number of benzene rings is 1. The normalized spacial score (nSPS) is 15.5. The largest absolute Gasteiger partial charge is 0.0732 e. The van der Waals surface area contributed by atoms with Crippen LogP contribution in [-0.4, -0.2) is 0 Å². The Labute approximate surface area is 79.6 Å². The van der Waals surface area contributed by atoms with Gasteiger partial charge in [-0.2, -0.15) is 0 Å². The zero-order valence-electron chi connectivity index (χ0n) is 8.12. The van der Waals surface area contributed by atoms with E-state index in [1.807, 2.05) is 0 Å². The smallest absolute Gasteiger partial charge is 0.0205 e. The van der Waals surface area contributed by atoms with Gasteiger partial charge < -0.3 is 0 Å². The highest BCUT2D eigenvalue weighted by Crippen LogP contribution is 2.24. The fourth-order valence-corrected chi connectivity index (χ4v) is 1.86. The van der Waals surface area contributed by atoms with Crippen LogP contribution in [0.1, 0.15) is 22.6 Å². The molecule has 1 aromatic rings. The van der Waals surface area contributed by atoms with Crippen molar-refractivity contribution in [2.75, 3.05) is 0 Å². The molecule has 1 aliphatic rings. The zero-order chi connectivity index (χ0) is 9.26. The van der Waals surface area contributed by atoms with Gasteiger partial charge in [0, 0.05) is 5.92 Å². The van der Waals surface area contributed by atoms with E-state index < -0.39 is 0 Å². The summed E-state index contributed by atoms with van der Waals surface area (Å²) < 4.78 is 0. The van der Waals surface area contributed by atoms with Crippen molar-refractivity contribution in [2.45, 2.75) is 19.8 Å². The number of rotatable bonds is 1. The van der Waals surface area contributed by atoms with Crippen molar-refractivity contribution < 1.29 is 0 Å². The van der Waals surface area contributed by atoms with Crippen molar-refractivity contribution in [3.63, 3.8) is 0 Å². The molecule has 0 amide bonds. The summed E-state index contributed by atoms with van der Waals surface area (Å²) in [6.45, 7) is 4.30. The minimum absolute atomic E-state index is 0.499. The fourth-order valence-electron chi connectivity index (χ4n) is 1.86. The molecule has 0 heteroatoms. The molecule has 0 saturated carbocycles. The highest BCUT2D eigenvalue weighted by Gasteiger charge is 2.07. The van der Waals surface area contributed by atoms with E-state index in [1.54, 1.807) is 0 Å². The van der Waals surface area contributed by atoms with Gasteiger partial charge in [0.2, 0.25) is 0 Å². The Bertz CT molecular complexity index is 337. The number of hydrogen-bond donors (Lipinski definition) is 0. The standard InChI is InChI=1S/C13H14/c1-10-7-11(2)9-13(8-10)12-5-3-4-6-12/h3-9,12H,1-2H3. The number of allylic oxidation sites excluding steroid dienone is 4. The van der Waals surface area contributed by atoms with Crippen molar-refractivity contribution in [3.05, 3.63) is 59.2 Å². The molecule has 0 aliphatic heterocycles. The molecule has 0 atom stereocenters. The van der Waals surface area contributed by atoms with Crippen LogP contribution in [0.4, 0.5) is 0 Å². The Morgan fingerprint density at radius 2 is 1.38 bits per heavy atom. The second-order valence-electron chi connectivity index (χ2n) is 3.72. The van der Waals surface area contributed by atoms with Gasteiger partial charge >= 0.3 is 0 Å². The molecule has 0 spiro atoms. The topological polar surface area (TPSA) is 0 Å². The minimum Gasteiger partial charge on any atom is -0.0732 e. The van der Waals surface area contributed by atoms with Gasteiger partial charge in [0.05, 0.1) is 0 Å². The second kappa shape index (κ2) is 3.21. The van der Waals surface area contributed by atoms with Gasteiger partial charge in [-0.1, -0.05) is 53.6 Å². The van der Waals surface area contributed by atoms with Gasteiger partial charge in [-0.05, 0) is 19.4 Å². The third-order valence-corrected chi connectivity index (χ3v) is 2.38. The molecule has 0 saturated heterocycles.